The Balaban J connectivity index is 0. The Morgan fingerprint density at radius 1 is 1.30 bits per heavy atom. The van der Waals surface area contributed by atoms with Crippen molar-refractivity contribution < 1.29 is 4.79 Å². The van der Waals surface area contributed by atoms with Gasteiger partial charge in [0.25, 0.3) is 0 Å². The number of terminal acetylenes is 1. The highest BCUT2D eigenvalue weighted by atomic mass is 16.2. The molecule has 1 heterocycles. The monoisotopic (exact) mass is 282 g/mol. The first-order valence-electron chi connectivity index (χ1n) is 7.05. The zero-order valence-electron chi connectivity index (χ0n) is 13.5. The van der Waals surface area contributed by atoms with Gasteiger partial charge in [0, 0.05) is 6.54 Å². The number of nitrogens with zero attached hydrogens (tertiary/aromatic N) is 2. The lowest BCUT2D eigenvalue weighted by Crippen LogP contribution is -2.50. The van der Waals surface area contributed by atoms with Crippen molar-refractivity contribution in [2.24, 2.45) is 22.4 Å². The second-order valence-electron chi connectivity index (χ2n) is 4.91. The number of nitrogens with two attached hydrogens (primary N) is 2. The molecule has 0 bridgehead atoms. The van der Waals surface area contributed by atoms with Gasteiger partial charge in [0.1, 0.15) is 0 Å². The van der Waals surface area contributed by atoms with E-state index in [-0.39, 0.29) is 11.4 Å². The first kappa shape index (κ1) is 20.8. The van der Waals surface area contributed by atoms with Gasteiger partial charge < -0.3 is 11.5 Å². The molecule has 0 saturated heterocycles. The molecule has 1 aliphatic heterocycles. The summed E-state index contributed by atoms with van der Waals surface area (Å²) in [5.41, 5.74) is 9.96. The van der Waals surface area contributed by atoms with Crippen LogP contribution >= 0.6 is 0 Å². The average Bonchev–Trinajstić information content (AvgIpc) is 3.24. The van der Waals surface area contributed by atoms with Gasteiger partial charge in [0.15, 0.2) is 5.96 Å². The number of aliphatic imine (C=N–C) groups is 1. The lowest BCUT2D eigenvalue weighted by atomic mass is 9.99. The second kappa shape index (κ2) is 10.3. The van der Waals surface area contributed by atoms with Gasteiger partial charge in [-0.15, -0.1) is 12.8 Å². The van der Waals surface area contributed by atoms with Crippen LogP contribution in [-0.4, -0.2) is 35.9 Å². The number of rotatable bonds is 2. The first-order valence-corrected chi connectivity index (χ1v) is 7.05. The van der Waals surface area contributed by atoms with Crippen molar-refractivity contribution in [2.45, 2.75) is 52.5 Å². The van der Waals surface area contributed by atoms with E-state index in [9.17, 15) is 4.79 Å². The van der Waals surface area contributed by atoms with Crippen LogP contribution in [0.15, 0.2) is 4.99 Å². The van der Waals surface area contributed by atoms with Crippen LogP contribution in [0.1, 0.15) is 47.0 Å². The molecule has 4 N–H and O–H groups in total. The predicted octanol–water partition coefficient (Wildman–Crippen LogP) is 1.57. The van der Waals surface area contributed by atoms with E-state index in [1.165, 1.54) is 19.9 Å². The van der Waals surface area contributed by atoms with Gasteiger partial charge in [0.2, 0.25) is 5.91 Å². The fourth-order valence-corrected chi connectivity index (χ4v) is 1.76. The van der Waals surface area contributed by atoms with E-state index in [0.717, 1.165) is 6.54 Å². The Bertz CT molecular complexity index is 330. The molecule has 0 unspecified atom stereocenters. The van der Waals surface area contributed by atoms with E-state index in [1.54, 1.807) is 4.90 Å². The topological polar surface area (TPSA) is 84.7 Å². The van der Waals surface area contributed by atoms with Crippen molar-refractivity contribution in [2.75, 3.05) is 13.6 Å². The highest BCUT2D eigenvalue weighted by Gasteiger charge is 2.35. The molecule has 116 valence electrons. The maximum atomic E-state index is 11.7. The Labute approximate surface area is 123 Å². The molecule has 0 aromatic heterocycles. The van der Waals surface area contributed by atoms with Crippen LogP contribution in [0.2, 0.25) is 0 Å². The molecule has 1 aliphatic carbocycles. The number of carbonyl (C=O) groups excluding carboxylic acids is 1. The first-order chi connectivity index (χ1) is 9.48. The molecular weight excluding hydrogens is 252 g/mol. The van der Waals surface area contributed by atoms with Crippen molar-refractivity contribution in [3.8, 4) is 12.8 Å². The van der Waals surface area contributed by atoms with Crippen molar-refractivity contribution >= 4 is 11.9 Å². The Kier molecular flexibility index (Phi) is 10.7. The normalized spacial score (nSPS) is 19.1. The fourth-order valence-electron chi connectivity index (χ4n) is 1.76. The van der Waals surface area contributed by atoms with Crippen LogP contribution < -0.4 is 11.5 Å². The maximum Gasteiger partial charge on any atom is 0.231 e. The van der Waals surface area contributed by atoms with E-state index in [0.29, 0.717) is 18.3 Å². The standard InChI is InChI=1S/C10H17N3O.C2H6.C2H2.CH5N/c1-10(2)5-8(14)13(9(11)12-10)6-7-3-4-7;3*1-2/h7H,3-6H2,1-2H3,(H2,11,12);1-2H3;1-2H;2H2,1H3. The number of hydrogen-bond acceptors (Lipinski definition) is 4. The molecule has 0 aromatic rings. The zero-order valence-corrected chi connectivity index (χ0v) is 13.5. The molecule has 5 nitrogen and oxygen atoms in total. The molecule has 1 saturated carbocycles. The molecule has 0 aromatic carbocycles. The summed E-state index contributed by atoms with van der Waals surface area (Å²) in [6.45, 7) is 8.64. The SMILES string of the molecule is C#C.CC.CC1(C)CC(=O)N(CC2CC2)C(N)=N1.CN. The minimum atomic E-state index is -0.318. The molecule has 0 atom stereocenters. The van der Waals surface area contributed by atoms with Crippen LogP contribution in [-0.2, 0) is 4.79 Å². The largest absolute Gasteiger partial charge is 0.369 e. The average molecular weight is 282 g/mol. The highest BCUT2D eigenvalue weighted by molar-refractivity contribution is 5.98. The Morgan fingerprint density at radius 2 is 1.75 bits per heavy atom. The molecule has 2 aliphatic rings. The van der Waals surface area contributed by atoms with Gasteiger partial charge in [-0.3, -0.25) is 9.69 Å². The molecule has 2 rings (SSSR count). The van der Waals surface area contributed by atoms with Crippen LogP contribution in [0.5, 0.6) is 0 Å². The van der Waals surface area contributed by atoms with E-state index in [2.05, 4.69) is 23.6 Å². The fraction of sp³-hybridized carbons (Fsp3) is 0.733. The Hall–Kier alpha value is -1.54. The van der Waals surface area contributed by atoms with Crippen LogP contribution in [0.4, 0.5) is 0 Å². The van der Waals surface area contributed by atoms with Gasteiger partial charge in [-0.2, -0.15) is 0 Å². The van der Waals surface area contributed by atoms with E-state index >= 15 is 0 Å². The van der Waals surface area contributed by atoms with Crippen LogP contribution in [0.25, 0.3) is 0 Å². The van der Waals surface area contributed by atoms with E-state index in [4.69, 9.17) is 5.73 Å². The van der Waals surface area contributed by atoms with Gasteiger partial charge in [0.05, 0.1) is 12.0 Å². The van der Waals surface area contributed by atoms with Gasteiger partial charge in [-0.1, -0.05) is 13.8 Å². The van der Waals surface area contributed by atoms with Gasteiger partial charge in [-0.05, 0) is 39.7 Å². The summed E-state index contributed by atoms with van der Waals surface area (Å²) in [7, 11) is 1.50. The third-order valence-corrected chi connectivity index (χ3v) is 2.72. The van der Waals surface area contributed by atoms with Gasteiger partial charge in [-0.25, -0.2) is 4.99 Å². The maximum absolute atomic E-state index is 11.7. The number of carbonyl (C=O) groups is 1. The summed E-state index contributed by atoms with van der Waals surface area (Å²) >= 11 is 0. The molecule has 1 fully saturated rings. The minimum Gasteiger partial charge on any atom is -0.369 e. The second-order valence-corrected chi connectivity index (χ2v) is 4.91. The minimum absolute atomic E-state index is 0.120. The number of amides is 1. The van der Waals surface area contributed by atoms with Crippen LogP contribution in [0.3, 0.4) is 0 Å². The van der Waals surface area contributed by atoms with Crippen molar-refractivity contribution in [3.05, 3.63) is 0 Å². The Morgan fingerprint density at radius 3 is 2.10 bits per heavy atom. The van der Waals surface area contributed by atoms with Crippen LogP contribution in [0, 0.1) is 18.8 Å². The molecule has 1 amide bonds. The lowest BCUT2D eigenvalue weighted by molar-refractivity contribution is -0.129. The summed E-state index contributed by atoms with van der Waals surface area (Å²) in [4.78, 5) is 17.7. The lowest BCUT2D eigenvalue weighted by Gasteiger charge is -2.32. The molecular formula is C15H30N4O. The highest BCUT2D eigenvalue weighted by Crippen LogP contribution is 2.31. The summed E-state index contributed by atoms with van der Waals surface area (Å²) < 4.78 is 0. The summed E-state index contributed by atoms with van der Waals surface area (Å²) in [5, 5.41) is 0. The molecule has 20 heavy (non-hydrogen) atoms. The third kappa shape index (κ3) is 7.15. The van der Waals surface area contributed by atoms with E-state index < -0.39 is 0 Å². The summed E-state index contributed by atoms with van der Waals surface area (Å²) in [6, 6.07) is 0. The van der Waals surface area contributed by atoms with E-state index in [1.807, 2.05) is 27.7 Å². The molecule has 5 heteroatoms. The van der Waals surface area contributed by atoms with Crippen molar-refractivity contribution in [1.82, 2.24) is 4.90 Å². The third-order valence-electron chi connectivity index (χ3n) is 2.72. The van der Waals surface area contributed by atoms with Gasteiger partial charge >= 0.3 is 0 Å². The molecule has 0 spiro atoms. The number of guanidine groups is 1. The molecule has 0 radical (unpaired) electrons. The zero-order chi connectivity index (χ0) is 16.3. The van der Waals surface area contributed by atoms with Crippen molar-refractivity contribution in [3.63, 3.8) is 0 Å². The summed E-state index contributed by atoms with van der Waals surface area (Å²) in [6.07, 6.45) is 10.9. The quantitative estimate of drug-likeness (QED) is 0.754. The smallest absolute Gasteiger partial charge is 0.231 e. The van der Waals surface area contributed by atoms with Crippen molar-refractivity contribution in [1.29, 1.82) is 0 Å². The summed E-state index contributed by atoms with van der Waals surface area (Å²) in [5.74, 6) is 1.18. The number of hydrogen-bond donors (Lipinski definition) is 2. The predicted molar refractivity (Wildman–Crippen MR) is 86.1 cm³/mol.